The molecule has 2 aromatic heterocycles. The molecule has 0 saturated heterocycles. The molecular formula is C14H13N5OS. The summed E-state index contributed by atoms with van der Waals surface area (Å²) in [7, 11) is 1.63. The number of nitrogens with one attached hydrogen (secondary N) is 2. The smallest absolute Gasteiger partial charge is 0.171 e. The van der Waals surface area contributed by atoms with Crippen molar-refractivity contribution in [1.29, 1.82) is 5.41 Å². The number of hydrogen-bond acceptors (Lipinski definition) is 5. The maximum absolute atomic E-state index is 7.59. The summed E-state index contributed by atoms with van der Waals surface area (Å²) < 4.78 is 5.19. The Kier molecular flexibility index (Phi) is 3.49. The van der Waals surface area contributed by atoms with Crippen molar-refractivity contribution in [1.82, 2.24) is 15.0 Å². The van der Waals surface area contributed by atoms with Crippen LogP contribution in [0.2, 0.25) is 0 Å². The third kappa shape index (κ3) is 2.68. The third-order valence-electron chi connectivity index (χ3n) is 2.95. The molecule has 3 rings (SSSR count). The molecule has 0 aliphatic heterocycles. The quantitative estimate of drug-likeness (QED) is 0.507. The van der Waals surface area contributed by atoms with Gasteiger partial charge in [0.25, 0.3) is 0 Å². The molecule has 21 heavy (non-hydrogen) atoms. The zero-order valence-electron chi connectivity index (χ0n) is 11.3. The molecule has 0 amide bonds. The first-order chi connectivity index (χ1) is 10.2. The topological polar surface area (TPSA) is 101 Å². The van der Waals surface area contributed by atoms with E-state index in [2.05, 4.69) is 15.0 Å². The zero-order valence-corrected chi connectivity index (χ0v) is 12.1. The summed E-state index contributed by atoms with van der Waals surface area (Å²) in [5.41, 5.74) is 7.97. The van der Waals surface area contributed by atoms with Gasteiger partial charge in [-0.25, -0.2) is 4.98 Å². The van der Waals surface area contributed by atoms with Crippen LogP contribution in [0.1, 0.15) is 5.56 Å². The van der Waals surface area contributed by atoms with E-state index in [1.54, 1.807) is 25.6 Å². The summed E-state index contributed by atoms with van der Waals surface area (Å²) in [5, 5.41) is 8.31. The number of benzene rings is 1. The Balaban J connectivity index is 1.97. The number of aromatic nitrogens is 3. The van der Waals surface area contributed by atoms with Crippen LogP contribution in [0.3, 0.4) is 0 Å². The highest BCUT2D eigenvalue weighted by Gasteiger charge is 2.10. The number of H-pyrrole nitrogens is 1. The molecule has 7 heteroatoms. The Bertz CT molecular complexity index is 814. The van der Waals surface area contributed by atoms with E-state index < -0.39 is 0 Å². The summed E-state index contributed by atoms with van der Waals surface area (Å²) in [5.74, 6) is 0.784. The summed E-state index contributed by atoms with van der Waals surface area (Å²) in [6.45, 7) is 0. The Morgan fingerprint density at radius 1 is 1.38 bits per heavy atom. The fourth-order valence-corrected chi connectivity index (χ4v) is 2.84. The van der Waals surface area contributed by atoms with Gasteiger partial charge in [-0.05, 0) is 30.0 Å². The second-order valence-corrected chi connectivity index (χ2v) is 5.34. The predicted molar refractivity (Wildman–Crippen MR) is 82.0 cm³/mol. The van der Waals surface area contributed by atoms with Gasteiger partial charge in [0.15, 0.2) is 5.16 Å². The molecule has 0 spiro atoms. The zero-order chi connectivity index (χ0) is 14.8. The van der Waals surface area contributed by atoms with Crippen LogP contribution in [0.15, 0.2) is 46.7 Å². The minimum atomic E-state index is 0.0117. The number of nitrogens with zero attached hydrogens (tertiary/aromatic N) is 2. The van der Waals surface area contributed by atoms with Crippen LogP contribution in [0.25, 0.3) is 11.0 Å². The standard InChI is InChI=1S/C14H13N5OS/c1-20-8-2-3-10-11(6-8)19-14(18-10)21-12-7-17-5-4-9(12)13(15)16/h2-7H,1H3,(H3,15,16)(H,18,19). The minimum absolute atomic E-state index is 0.0117. The molecule has 0 atom stereocenters. The lowest BCUT2D eigenvalue weighted by Gasteiger charge is -2.04. The summed E-state index contributed by atoms with van der Waals surface area (Å²) in [4.78, 5) is 12.6. The average molecular weight is 299 g/mol. The van der Waals surface area contributed by atoms with Gasteiger partial charge in [-0.1, -0.05) is 0 Å². The maximum Gasteiger partial charge on any atom is 0.171 e. The van der Waals surface area contributed by atoms with Crippen molar-refractivity contribution in [2.45, 2.75) is 10.1 Å². The Labute approximate surface area is 125 Å². The lowest BCUT2D eigenvalue weighted by atomic mass is 10.2. The van der Waals surface area contributed by atoms with Crippen molar-refractivity contribution >= 4 is 28.6 Å². The first-order valence-corrected chi connectivity index (χ1v) is 6.99. The van der Waals surface area contributed by atoms with Gasteiger partial charge in [0.05, 0.1) is 18.1 Å². The van der Waals surface area contributed by atoms with E-state index in [9.17, 15) is 0 Å². The summed E-state index contributed by atoms with van der Waals surface area (Å²) in [6.07, 6.45) is 3.29. The van der Waals surface area contributed by atoms with Crippen molar-refractivity contribution in [3.8, 4) is 5.75 Å². The molecule has 0 fully saturated rings. The number of ether oxygens (including phenoxy) is 1. The number of nitrogens with two attached hydrogens (primary N) is 1. The number of amidine groups is 1. The highest BCUT2D eigenvalue weighted by atomic mass is 32.2. The van der Waals surface area contributed by atoms with E-state index in [1.165, 1.54) is 11.8 Å². The van der Waals surface area contributed by atoms with Gasteiger partial charge < -0.3 is 15.5 Å². The van der Waals surface area contributed by atoms with Crippen molar-refractivity contribution < 1.29 is 4.74 Å². The molecule has 1 aromatic carbocycles. The van der Waals surface area contributed by atoms with Gasteiger partial charge in [0, 0.05) is 28.9 Å². The largest absolute Gasteiger partial charge is 0.497 e. The third-order valence-corrected chi connectivity index (χ3v) is 3.88. The highest BCUT2D eigenvalue weighted by Crippen LogP contribution is 2.30. The maximum atomic E-state index is 7.59. The molecule has 6 nitrogen and oxygen atoms in total. The van der Waals surface area contributed by atoms with E-state index in [0.717, 1.165) is 21.7 Å². The molecule has 4 N–H and O–H groups in total. The number of nitrogen functional groups attached to an aromatic ring is 1. The second kappa shape index (κ2) is 5.45. The molecule has 3 aromatic rings. The van der Waals surface area contributed by atoms with E-state index >= 15 is 0 Å². The Hall–Kier alpha value is -2.54. The number of fused-ring (bicyclic) bond motifs is 1. The van der Waals surface area contributed by atoms with Crippen molar-refractivity contribution in [2.75, 3.05) is 7.11 Å². The van der Waals surface area contributed by atoms with Crippen LogP contribution < -0.4 is 10.5 Å². The molecule has 0 saturated carbocycles. The van der Waals surface area contributed by atoms with Crippen LogP contribution in [0, 0.1) is 5.41 Å². The number of rotatable bonds is 4. The van der Waals surface area contributed by atoms with Crippen LogP contribution in [0.5, 0.6) is 5.75 Å². The van der Waals surface area contributed by atoms with Gasteiger partial charge >= 0.3 is 0 Å². The van der Waals surface area contributed by atoms with Gasteiger partial charge in [-0.15, -0.1) is 0 Å². The molecule has 0 aliphatic rings. The fraction of sp³-hybridized carbons (Fsp3) is 0.0714. The average Bonchev–Trinajstić information content (AvgIpc) is 2.88. The molecular weight excluding hydrogens is 286 g/mol. The van der Waals surface area contributed by atoms with Gasteiger partial charge in [-0.3, -0.25) is 10.4 Å². The number of hydrogen-bond donors (Lipinski definition) is 3. The van der Waals surface area contributed by atoms with E-state index in [0.29, 0.717) is 10.7 Å². The predicted octanol–water partition coefficient (Wildman–Crippen LogP) is 2.40. The minimum Gasteiger partial charge on any atom is -0.497 e. The van der Waals surface area contributed by atoms with Crippen molar-refractivity contribution in [3.63, 3.8) is 0 Å². The summed E-state index contributed by atoms with van der Waals surface area (Å²) >= 11 is 1.39. The highest BCUT2D eigenvalue weighted by molar-refractivity contribution is 7.99. The normalized spacial score (nSPS) is 10.7. The fourth-order valence-electron chi connectivity index (χ4n) is 1.93. The van der Waals surface area contributed by atoms with Gasteiger partial charge in [0.1, 0.15) is 11.6 Å². The molecule has 2 heterocycles. The van der Waals surface area contributed by atoms with Crippen molar-refractivity contribution in [3.05, 3.63) is 42.2 Å². The van der Waals surface area contributed by atoms with Crippen LogP contribution in [0.4, 0.5) is 0 Å². The first-order valence-electron chi connectivity index (χ1n) is 6.17. The van der Waals surface area contributed by atoms with E-state index in [4.69, 9.17) is 15.9 Å². The van der Waals surface area contributed by atoms with Gasteiger partial charge in [-0.2, -0.15) is 0 Å². The number of imidazole rings is 1. The van der Waals surface area contributed by atoms with Crippen molar-refractivity contribution in [2.24, 2.45) is 5.73 Å². The number of aromatic amines is 1. The molecule has 0 unspecified atom stereocenters. The van der Waals surface area contributed by atoms with Gasteiger partial charge in [0.2, 0.25) is 0 Å². The van der Waals surface area contributed by atoms with Crippen LogP contribution >= 0.6 is 11.8 Å². The number of methoxy groups -OCH3 is 1. The van der Waals surface area contributed by atoms with Crippen LogP contribution in [-0.4, -0.2) is 27.9 Å². The molecule has 0 radical (unpaired) electrons. The van der Waals surface area contributed by atoms with Crippen LogP contribution in [-0.2, 0) is 0 Å². The molecule has 0 aliphatic carbocycles. The Morgan fingerprint density at radius 3 is 3.00 bits per heavy atom. The Morgan fingerprint density at radius 2 is 2.24 bits per heavy atom. The first kappa shape index (κ1) is 13.4. The van der Waals surface area contributed by atoms with E-state index in [-0.39, 0.29) is 5.84 Å². The SMILES string of the molecule is COc1ccc2nc(Sc3cnccc3C(=N)N)[nH]c2c1. The second-order valence-electron chi connectivity index (χ2n) is 4.31. The lowest BCUT2D eigenvalue weighted by Crippen LogP contribution is -2.12. The van der Waals surface area contributed by atoms with E-state index in [1.807, 2.05) is 18.2 Å². The number of pyridine rings is 1. The lowest BCUT2D eigenvalue weighted by molar-refractivity contribution is 0.415. The monoisotopic (exact) mass is 299 g/mol. The summed E-state index contributed by atoms with van der Waals surface area (Å²) in [6, 6.07) is 7.37. The molecule has 106 valence electrons. The molecule has 0 bridgehead atoms.